The number of nitrogens with two attached hydrogens (primary N) is 1. The van der Waals surface area contributed by atoms with Gasteiger partial charge in [0, 0.05) is 18.3 Å². The van der Waals surface area contributed by atoms with E-state index in [0.29, 0.717) is 0 Å². The lowest BCUT2D eigenvalue weighted by Crippen LogP contribution is -2.26. The number of alkyl halides is 2. The maximum atomic E-state index is 13.2. The zero-order valence-electron chi connectivity index (χ0n) is 9.91. The molecule has 1 atom stereocenters. The second-order valence-electron chi connectivity index (χ2n) is 3.99. The van der Waals surface area contributed by atoms with Crippen LogP contribution < -0.4 is 10.5 Å². The SMILES string of the molecule is C=C(C)C(F)(F)COc1ccc(C(C)N)cn1. The molecule has 0 aliphatic carbocycles. The van der Waals surface area contributed by atoms with Gasteiger partial charge in [0.25, 0.3) is 0 Å². The van der Waals surface area contributed by atoms with E-state index >= 15 is 0 Å². The first-order chi connectivity index (χ1) is 7.83. The summed E-state index contributed by atoms with van der Waals surface area (Å²) < 4.78 is 31.2. The van der Waals surface area contributed by atoms with Crippen LogP contribution in [0, 0.1) is 0 Å². The van der Waals surface area contributed by atoms with Gasteiger partial charge in [-0.1, -0.05) is 12.6 Å². The van der Waals surface area contributed by atoms with Crippen LogP contribution in [0.15, 0.2) is 30.5 Å². The van der Waals surface area contributed by atoms with Gasteiger partial charge in [0.05, 0.1) is 0 Å². The van der Waals surface area contributed by atoms with Gasteiger partial charge < -0.3 is 10.5 Å². The molecule has 0 spiro atoms. The second kappa shape index (κ2) is 5.23. The van der Waals surface area contributed by atoms with Gasteiger partial charge >= 0.3 is 5.92 Å². The van der Waals surface area contributed by atoms with Crippen molar-refractivity contribution in [3.8, 4) is 5.88 Å². The minimum atomic E-state index is -3.04. The van der Waals surface area contributed by atoms with Crippen molar-refractivity contribution in [1.29, 1.82) is 0 Å². The van der Waals surface area contributed by atoms with Gasteiger partial charge in [-0.15, -0.1) is 0 Å². The smallest absolute Gasteiger partial charge is 0.302 e. The molecular formula is C12H16F2N2O. The van der Waals surface area contributed by atoms with E-state index in [4.69, 9.17) is 10.5 Å². The number of halogens is 2. The zero-order chi connectivity index (χ0) is 13.1. The molecule has 2 N–H and O–H groups in total. The number of aromatic nitrogens is 1. The molecule has 5 heteroatoms. The van der Waals surface area contributed by atoms with Crippen LogP contribution in [0.2, 0.25) is 0 Å². The van der Waals surface area contributed by atoms with Gasteiger partial charge in [-0.2, -0.15) is 8.78 Å². The third-order valence-electron chi connectivity index (χ3n) is 2.31. The van der Waals surface area contributed by atoms with Crippen LogP contribution >= 0.6 is 0 Å². The average molecular weight is 242 g/mol. The number of ether oxygens (including phenoxy) is 1. The summed E-state index contributed by atoms with van der Waals surface area (Å²) in [6, 6.07) is 3.08. The fourth-order valence-electron chi connectivity index (χ4n) is 1.03. The monoisotopic (exact) mass is 242 g/mol. The molecule has 0 bridgehead atoms. The van der Waals surface area contributed by atoms with Crippen LogP contribution in [0.4, 0.5) is 8.78 Å². The minimum Gasteiger partial charge on any atom is -0.471 e. The molecule has 94 valence electrons. The lowest BCUT2D eigenvalue weighted by molar-refractivity contribution is -0.00696. The summed E-state index contributed by atoms with van der Waals surface area (Å²) in [5.41, 5.74) is 6.23. The van der Waals surface area contributed by atoms with E-state index in [9.17, 15) is 8.78 Å². The second-order valence-corrected chi connectivity index (χ2v) is 3.99. The molecule has 0 fully saturated rings. The van der Waals surface area contributed by atoms with E-state index in [1.165, 1.54) is 19.2 Å². The van der Waals surface area contributed by atoms with Crippen molar-refractivity contribution in [1.82, 2.24) is 4.98 Å². The van der Waals surface area contributed by atoms with Crippen LogP contribution in [-0.4, -0.2) is 17.5 Å². The Bertz CT molecular complexity index is 388. The summed E-state index contributed by atoms with van der Waals surface area (Å²) >= 11 is 0. The number of nitrogens with zero attached hydrogens (tertiary/aromatic N) is 1. The van der Waals surface area contributed by atoms with Gasteiger partial charge in [0.15, 0.2) is 6.61 Å². The van der Waals surface area contributed by atoms with Crippen LogP contribution in [0.5, 0.6) is 5.88 Å². The third-order valence-corrected chi connectivity index (χ3v) is 2.31. The van der Waals surface area contributed by atoms with E-state index in [1.54, 1.807) is 6.07 Å². The van der Waals surface area contributed by atoms with E-state index in [2.05, 4.69) is 11.6 Å². The summed E-state index contributed by atoms with van der Waals surface area (Å²) in [4.78, 5) is 3.90. The Morgan fingerprint density at radius 3 is 2.65 bits per heavy atom. The van der Waals surface area contributed by atoms with Crippen molar-refractivity contribution < 1.29 is 13.5 Å². The van der Waals surface area contributed by atoms with Crippen LogP contribution in [0.3, 0.4) is 0 Å². The molecule has 0 aromatic carbocycles. The molecule has 1 aromatic rings. The van der Waals surface area contributed by atoms with E-state index in [1.807, 2.05) is 6.92 Å². The molecule has 1 rings (SSSR count). The molecule has 0 saturated heterocycles. The van der Waals surface area contributed by atoms with Crippen LogP contribution in [-0.2, 0) is 0 Å². The Morgan fingerprint density at radius 1 is 1.59 bits per heavy atom. The van der Waals surface area contributed by atoms with E-state index < -0.39 is 12.5 Å². The maximum absolute atomic E-state index is 13.2. The van der Waals surface area contributed by atoms with E-state index in [0.717, 1.165) is 5.56 Å². The summed E-state index contributed by atoms with van der Waals surface area (Å²) in [7, 11) is 0. The molecule has 0 radical (unpaired) electrons. The Hall–Kier alpha value is -1.49. The largest absolute Gasteiger partial charge is 0.471 e. The minimum absolute atomic E-state index is 0.145. The Kier molecular flexibility index (Phi) is 4.17. The van der Waals surface area contributed by atoms with Gasteiger partial charge in [0.2, 0.25) is 5.88 Å². The lowest BCUT2D eigenvalue weighted by atomic mass is 10.2. The summed E-state index contributed by atoms with van der Waals surface area (Å²) in [6.07, 6.45) is 1.51. The number of pyridine rings is 1. The first-order valence-electron chi connectivity index (χ1n) is 5.21. The highest BCUT2D eigenvalue weighted by Crippen LogP contribution is 2.23. The molecule has 0 aliphatic heterocycles. The Balaban J connectivity index is 2.62. The molecule has 0 saturated carbocycles. The first kappa shape index (κ1) is 13.6. The van der Waals surface area contributed by atoms with Crippen molar-refractivity contribution >= 4 is 0 Å². The number of hydrogen-bond donors (Lipinski definition) is 1. The standard InChI is InChI=1S/C12H16F2N2O/c1-8(2)12(13,14)7-17-11-5-4-10(6-16-11)9(3)15/h4-6,9H,1,7,15H2,2-3H3. The molecule has 1 unspecified atom stereocenters. The van der Waals surface area contributed by atoms with Crippen molar-refractivity contribution in [2.24, 2.45) is 5.73 Å². The molecule has 0 aliphatic rings. The number of rotatable bonds is 5. The molecular weight excluding hydrogens is 226 g/mol. The maximum Gasteiger partial charge on any atom is 0.302 e. The lowest BCUT2D eigenvalue weighted by Gasteiger charge is -2.16. The topological polar surface area (TPSA) is 48.1 Å². The fourth-order valence-corrected chi connectivity index (χ4v) is 1.03. The van der Waals surface area contributed by atoms with Crippen molar-refractivity contribution in [2.45, 2.75) is 25.8 Å². The summed E-state index contributed by atoms with van der Waals surface area (Å²) in [5.74, 6) is -2.89. The van der Waals surface area contributed by atoms with Crippen molar-refractivity contribution in [2.75, 3.05) is 6.61 Å². The predicted octanol–water partition coefficient (Wildman–Crippen LogP) is 2.69. The van der Waals surface area contributed by atoms with Gasteiger partial charge in [-0.05, 0) is 25.0 Å². The van der Waals surface area contributed by atoms with Crippen molar-refractivity contribution in [3.63, 3.8) is 0 Å². The highest BCUT2D eigenvalue weighted by Gasteiger charge is 2.31. The quantitative estimate of drug-likeness (QED) is 0.807. The highest BCUT2D eigenvalue weighted by atomic mass is 19.3. The highest BCUT2D eigenvalue weighted by molar-refractivity contribution is 5.20. The van der Waals surface area contributed by atoms with E-state index in [-0.39, 0.29) is 17.5 Å². The Labute approximate surface area is 99.3 Å². The molecule has 17 heavy (non-hydrogen) atoms. The fraction of sp³-hybridized carbons (Fsp3) is 0.417. The molecule has 1 heterocycles. The average Bonchev–Trinajstić information content (AvgIpc) is 2.27. The van der Waals surface area contributed by atoms with Crippen LogP contribution in [0.25, 0.3) is 0 Å². The zero-order valence-corrected chi connectivity index (χ0v) is 9.91. The summed E-state index contributed by atoms with van der Waals surface area (Å²) in [6.45, 7) is 5.52. The number of hydrogen-bond acceptors (Lipinski definition) is 3. The molecule has 3 nitrogen and oxygen atoms in total. The van der Waals surface area contributed by atoms with Gasteiger partial charge in [0.1, 0.15) is 0 Å². The van der Waals surface area contributed by atoms with Crippen molar-refractivity contribution in [3.05, 3.63) is 36.0 Å². The molecule has 0 amide bonds. The van der Waals surface area contributed by atoms with Gasteiger partial charge in [-0.25, -0.2) is 4.98 Å². The first-order valence-corrected chi connectivity index (χ1v) is 5.21. The Morgan fingerprint density at radius 2 is 2.24 bits per heavy atom. The van der Waals surface area contributed by atoms with Crippen LogP contribution in [0.1, 0.15) is 25.5 Å². The third kappa shape index (κ3) is 3.78. The molecule has 1 aromatic heterocycles. The summed E-state index contributed by atoms with van der Waals surface area (Å²) in [5, 5.41) is 0. The predicted molar refractivity (Wildman–Crippen MR) is 62.1 cm³/mol. The normalized spacial score (nSPS) is 13.2. The van der Waals surface area contributed by atoms with Gasteiger partial charge in [-0.3, -0.25) is 0 Å².